The Balaban J connectivity index is 1.35. The van der Waals surface area contributed by atoms with Gasteiger partial charge in [-0.3, -0.25) is 4.79 Å². The number of carbonyl (C=O) groups is 1. The molecule has 0 aliphatic carbocycles. The SMILES string of the molecule is CC(C)c1ccnc(N2CCN(C(=O)CC3OCCc4ccccc43)CC2)n1. The van der Waals surface area contributed by atoms with E-state index in [2.05, 4.69) is 46.9 Å². The zero-order chi connectivity index (χ0) is 19.5. The first-order valence-corrected chi connectivity index (χ1v) is 10.2. The summed E-state index contributed by atoms with van der Waals surface area (Å²) < 4.78 is 5.91. The molecule has 3 heterocycles. The van der Waals surface area contributed by atoms with E-state index in [1.807, 2.05) is 23.2 Å². The fourth-order valence-corrected chi connectivity index (χ4v) is 3.93. The van der Waals surface area contributed by atoms with Gasteiger partial charge < -0.3 is 14.5 Å². The van der Waals surface area contributed by atoms with Crippen molar-refractivity contribution >= 4 is 11.9 Å². The Morgan fingerprint density at radius 3 is 2.75 bits per heavy atom. The minimum Gasteiger partial charge on any atom is -0.373 e. The molecule has 2 aliphatic rings. The third-order valence-electron chi connectivity index (χ3n) is 5.62. The largest absolute Gasteiger partial charge is 0.373 e. The van der Waals surface area contributed by atoms with Crippen LogP contribution in [0.3, 0.4) is 0 Å². The molecule has 2 aliphatic heterocycles. The highest BCUT2D eigenvalue weighted by Crippen LogP contribution is 2.30. The Morgan fingerprint density at radius 1 is 1.18 bits per heavy atom. The van der Waals surface area contributed by atoms with Gasteiger partial charge in [-0.05, 0) is 29.5 Å². The lowest BCUT2D eigenvalue weighted by Gasteiger charge is -2.36. The van der Waals surface area contributed by atoms with Crippen molar-refractivity contribution in [3.05, 3.63) is 53.3 Å². The third kappa shape index (κ3) is 4.02. The molecule has 1 unspecified atom stereocenters. The zero-order valence-electron chi connectivity index (χ0n) is 16.7. The van der Waals surface area contributed by atoms with Crippen molar-refractivity contribution in [3.8, 4) is 0 Å². The lowest BCUT2D eigenvalue weighted by Crippen LogP contribution is -2.49. The molecule has 28 heavy (non-hydrogen) atoms. The predicted molar refractivity (Wildman–Crippen MR) is 108 cm³/mol. The summed E-state index contributed by atoms with van der Waals surface area (Å²) >= 11 is 0. The molecule has 1 atom stereocenters. The van der Waals surface area contributed by atoms with Crippen LogP contribution in [0.5, 0.6) is 0 Å². The number of hydrogen-bond donors (Lipinski definition) is 0. The zero-order valence-corrected chi connectivity index (χ0v) is 16.7. The van der Waals surface area contributed by atoms with Crippen LogP contribution in [0.15, 0.2) is 36.5 Å². The number of carbonyl (C=O) groups excluding carboxylic acids is 1. The molecule has 0 radical (unpaired) electrons. The van der Waals surface area contributed by atoms with E-state index < -0.39 is 0 Å². The van der Waals surface area contributed by atoms with Crippen LogP contribution in [-0.4, -0.2) is 53.6 Å². The van der Waals surface area contributed by atoms with Crippen molar-refractivity contribution in [2.24, 2.45) is 0 Å². The average molecular weight is 380 g/mol. The molecule has 6 heteroatoms. The molecule has 6 nitrogen and oxygen atoms in total. The molecule has 0 saturated carbocycles. The summed E-state index contributed by atoms with van der Waals surface area (Å²) in [7, 11) is 0. The summed E-state index contributed by atoms with van der Waals surface area (Å²) in [5.74, 6) is 1.31. The maximum Gasteiger partial charge on any atom is 0.225 e. The highest BCUT2D eigenvalue weighted by Gasteiger charge is 2.28. The number of amides is 1. The van der Waals surface area contributed by atoms with E-state index in [-0.39, 0.29) is 12.0 Å². The summed E-state index contributed by atoms with van der Waals surface area (Å²) in [5, 5.41) is 0. The molecule has 148 valence electrons. The second-order valence-corrected chi connectivity index (χ2v) is 7.82. The number of hydrogen-bond acceptors (Lipinski definition) is 5. The topological polar surface area (TPSA) is 58.6 Å². The minimum absolute atomic E-state index is 0.124. The molecular formula is C22H28N4O2. The number of rotatable bonds is 4. The van der Waals surface area contributed by atoms with Crippen LogP contribution in [0.1, 0.15) is 49.1 Å². The molecule has 1 fully saturated rings. The number of fused-ring (bicyclic) bond motifs is 1. The molecule has 1 aromatic carbocycles. The summed E-state index contributed by atoms with van der Waals surface area (Å²) in [5.41, 5.74) is 3.52. The summed E-state index contributed by atoms with van der Waals surface area (Å²) in [6.45, 7) is 7.87. The monoisotopic (exact) mass is 380 g/mol. The highest BCUT2D eigenvalue weighted by molar-refractivity contribution is 5.77. The van der Waals surface area contributed by atoms with Gasteiger partial charge in [-0.15, -0.1) is 0 Å². The van der Waals surface area contributed by atoms with Crippen molar-refractivity contribution in [1.29, 1.82) is 0 Å². The van der Waals surface area contributed by atoms with Gasteiger partial charge in [-0.25, -0.2) is 9.97 Å². The maximum atomic E-state index is 12.9. The van der Waals surface area contributed by atoms with Crippen LogP contribution in [0.4, 0.5) is 5.95 Å². The van der Waals surface area contributed by atoms with Crippen molar-refractivity contribution in [2.75, 3.05) is 37.7 Å². The van der Waals surface area contributed by atoms with Crippen LogP contribution in [0.25, 0.3) is 0 Å². The number of benzene rings is 1. The van der Waals surface area contributed by atoms with Gasteiger partial charge in [0.25, 0.3) is 0 Å². The van der Waals surface area contributed by atoms with E-state index >= 15 is 0 Å². The Kier molecular flexibility index (Phi) is 5.57. The van der Waals surface area contributed by atoms with E-state index in [0.29, 0.717) is 32.0 Å². The van der Waals surface area contributed by atoms with Gasteiger partial charge in [-0.2, -0.15) is 0 Å². The van der Waals surface area contributed by atoms with Crippen LogP contribution in [0, 0.1) is 0 Å². The number of anilines is 1. The standard InChI is InChI=1S/C22H28N4O2/c1-16(2)19-7-9-23-22(24-19)26-12-10-25(11-13-26)21(27)15-20-18-6-4-3-5-17(18)8-14-28-20/h3-7,9,16,20H,8,10-15H2,1-2H3. The average Bonchev–Trinajstić information content (AvgIpc) is 2.74. The highest BCUT2D eigenvalue weighted by atomic mass is 16.5. The van der Waals surface area contributed by atoms with Gasteiger partial charge in [-0.1, -0.05) is 38.1 Å². The number of nitrogens with zero attached hydrogens (tertiary/aromatic N) is 4. The van der Waals surface area contributed by atoms with Crippen molar-refractivity contribution in [3.63, 3.8) is 0 Å². The van der Waals surface area contributed by atoms with Crippen LogP contribution in [0.2, 0.25) is 0 Å². The van der Waals surface area contributed by atoms with Crippen molar-refractivity contribution in [2.45, 2.75) is 38.7 Å². The second-order valence-electron chi connectivity index (χ2n) is 7.82. The second kappa shape index (κ2) is 8.27. The third-order valence-corrected chi connectivity index (χ3v) is 5.62. The molecule has 0 N–H and O–H groups in total. The predicted octanol–water partition coefficient (Wildman–Crippen LogP) is 2.95. The molecule has 2 aromatic rings. The van der Waals surface area contributed by atoms with Gasteiger partial charge in [0.1, 0.15) is 0 Å². The van der Waals surface area contributed by atoms with Crippen LogP contribution < -0.4 is 4.90 Å². The minimum atomic E-state index is -0.124. The fourth-order valence-electron chi connectivity index (χ4n) is 3.93. The van der Waals surface area contributed by atoms with Crippen LogP contribution >= 0.6 is 0 Å². The first-order valence-electron chi connectivity index (χ1n) is 10.2. The van der Waals surface area contributed by atoms with Gasteiger partial charge in [0.05, 0.1) is 19.1 Å². The number of piperazine rings is 1. The Hall–Kier alpha value is -2.47. The Morgan fingerprint density at radius 2 is 1.96 bits per heavy atom. The van der Waals surface area contributed by atoms with E-state index in [1.54, 1.807) is 0 Å². The van der Waals surface area contributed by atoms with Gasteiger partial charge in [0.15, 0.2) is 0 Å². The normalized spacial score (nSPS) is 19.6. The number of ether oxygens (including phenoxy) is 1. The summed E-state index contributed by atoms with van der Waals surface area (Å²) in [4.78, 5) is 26.1. The molecule has 0 bridgehead atoms. The summed E-state index contributed by atoms with van der Waals surface area (Å²) in [6, 6.07) is 10.3. The quantitative estimate of drug-likeness (QED) is 0.816. The van der Waals surface area contributed by atoms with Gasteiger partial charge in [0.2, 0.25) is 11.9 Å². The Bertz CT molecular complexity index is 831. The van der Waals surface area contributed by atoms with E-state index in [1.165, 1.54) is 11.1 Å². The maximum absolute atomic E-state index is 12.9. The van der Waals surface area contributed by atoms with Crippen LogP contribution in [-0.2, 0) is 16.0 Å². The number of aromatic nitrogens is 2. The first-order chi connectivity index (χ1) is 13.6. The van der Waals surface area contributed by atoms with Gasteiger partial charge in [0, 0.05) is 38.1 Å². The van der Waals surface area contributed by atoms with Gasteiger partial charge >= 0.3 is 0 Å². The lowest BCUT2D eigenvalue weighted by atomic mass is 9.95. The van der Waals surface area contributed by atoms with Crippen molar-refractivity contribution in [1.82, 2.24) is 14.9 Å². The molecule has 0 spiro atoms. The van der Waals surface area contributed by atoms with E-state index in [9.17, 15) is 4.79 Å². The fraction of sp³-hybridized carbons (Fsp3) is 0.500. The lowest BCUT2D eigenvalue weighted by molar-refractivity contribution is -0.135. The summed E-state index contributed by atoms with van der Waals surface area (Å²) in [6.07, 6.45) is 3.04. The van der Waals surface area contributed by atoms with Crippen molar-refractivity contribution < 1.29 is 9.53 Å². The molecule has 1 aromatic heterocycles. The molecule has 1 saturated heterocycles. The Labute approximate surface area is 166 Å². The smallest absolute Gasteiger partial charge is 0.225 e. The van der Waals surface area contributed by atoms with E-state index in [0.717, 1.165) is 31.2 Å². The van der Waals surface area contributed by atoms with E-state index in [4.69, 9.17) is 4.74 Å². The molecule has 1 amide bonds. The first kappa shape index (κ1) is 18.9. The molecular weight excluding hydrogens is 352 g/mol. The molecule has 4 rings (SSSR count).